The zero-order valence-electron chi connectivity index (χ0n) is 13.7. The molecule has 0 saturated carbocycles. The highest BCUT2D eigenvalue weighted by atomic mass is 16.1. The number of hydrogen-bond acceptors (Lipinski definition) is 4. The van der Waals surface area contributed by atoms with Crippen LogP contribution in [0.15, 0.2) is 72.9 Å². The molecular weight excluding hydrogens is 310 g/mol. The van der Waals surface area contributed by atoms with Crippen LogP contribution >= 0.6 is 0 Å². The number of rotatable bonds is 3. The molecule has 2 heterocycles. The van der Waals surface area contributed by atoms with Crippen LogP contribution in [0.3, 0.4) is 0 Å². The summed E-state index contributed by atoms with van der Waals surface area (Å²) in [5.74, 6) is 0.589. The molecule has 0 saturated heterocycles. The summed E-state index contributed by atoms with van der Waals surface area (Å²) in [5, 5.41) is 0.990. The first-order valence-corrected chi connectivity index (χ1v) is 8.02. The molecule has 2 aromatic carbocycles. The van der Waals surface area contributed by atoms with E-state index in [1.165, 1.54) is 0 Å². The highest BCUT2D eigenvalue weighted by molar-refractivity contribution is 6.00. The van der Waals surface area contributed by atoms with Crippen molar-refractivity contribution in [3.8, 4) is 22.8 Å². The molecule has 4 heteroatoms. The first kappa shape index (κ1) is 15.1. The molecule has 4 nitrogen and oxygen atoms in total. The number of carbonyl (C=O) groups is 1. The van der Waals surface area contributed by atoms with Crippen LogP contribution in [0.25, 0.3) is 33.7 Å². The molecular formula is C21H15N3O. The fourth-order valence-corrected chi connectivity index (χ4v) is 2.82. The third kappa shape index (κ3) is 2.90. The van der Waals surface area contributed by atoms with Crippen LogP contribution in [0.1, 0.15) is 17.3 Å². The number of pyridine rings is 1. The summed E-state index contributed by atoms with van der Waals surface area (Å²) in [7, 11) is 0. The Kier molecular flexibility index (Phi) is 3.78. The summed E-state index contributed by atoms with van der Waals surface area (Å²) in [6.07, 6.45) is 1.80. The SMILES string of the molecule is CC(=O)c1ccccc1-c1cccc(-c2ncc3ccccc3n2)n1. The van der Waals surface area contributed by atoms with Gasteiger partial charge in [0.25, 0.3) is 0 Å². The Morgan fingerprint density at radius 3 is 2.44 bits per heavy atom. The molecule has 0 aliphatic rings. The second-order valence-corrected chi connectivity index (χ2v) is 5.76. The molecule has 0 bridgehead atoms. The quantitative estimate of drug-likeness (QED) is 0.518. The van der Waals surface area contributed by atoms with E-state index in [1.54, 1.807) is 13.1 Å². The molecule has 0 aliphatic heterocycles. The van der Waals surface area contributed by atoms with Crippen molar-refractivity contribution in [2.24, 2.45) is 0 Å². The van der Waals surface area contributed by atoms with E-state index >= 15 is 0 Å². The van der Waals surface area contributed by atoms with Crippen molar-refractivity contribution >= 4 is 16.7 Å². The van der Waals surface area contributed by atoms with Crippen LogP contribution < -0.4 is 0 Å². The van der Waals surface area contributed by atoms with Gasteiger partial charge in [-0.2, -0.15) is 0 Å². The number of para-hydroxylation sites is 1. The van der Waals surface area contributed by atoms with E-state index in [4.69, 9.17) is 0 Å². The van der Waals surface area contributed by atoms with Crippen molar-refractivity contribution in [1.82, 2.24) is 15.0 Å². The minimum Gasteiger partial charge on any atom is -0.294 e. The second kappa shape index (κ2) is 6.24. The first-order chi connectivity index (χ1) is 12.2. The number of Topliss-reactive ketones (excluding diaryl/α,β-unsaturated/α-hetero) is 1. The van der Waals surface area contributed by atoms with Gasteiger partial charge in [0.15, 0.2) is 11.6 Å². The molecule has 0 N–H and O–H groups in total. The van der Waals surface area contributed by atoms with Crippen molar-refractivity contribution in [2.45, 2.75) is 6.92 Å². The Balaban J connectivity index is 1.83. The van der Waals surface area contributed by atoms with Crippen LogP contribution in [0, 0.1) is 0 Å². The van der Waals surface area contributed by atoms with Crippen LogP contribution in [0.2, 0.25) is 0 Å². The molecule has 120 valence electrons. The van der Waals surface area contributed by atoms with Crippen molar-refractivity contribution in [3.05, 3.63) is 78.5 Å². The van der Waals surface area contributed by atoms with Crippen LogP contribution in [-0.2, 0) is 0 Å². The fourth-order valence-electron chi connectivity index (χ4n) is 2.82. The summed E-state index contributed by atoms with van der Waals surface area (Å²) >= 11 is 0. The van der Waals surface area contributed by atoms with E-state index in [0.29, 0.717) is 17.1 Å². The Labute approximate surface area is 145 Å². The molecule has 25 heavy (non-hydrogen) atoms. The first-order valence-electron chi connectivity index (χ1n) is 8.02. The van der Waals surface area contributed by atoms with E-state index < -0.39 is 0 Å². The topological polar surface area (TPSA) is 55.7 Å². The number of hydrogen-bond donors (Lipinski definition) is 0. The molecule has 0 amide bonds. The third-order valence-corrected chi connectivity index (χ3v) is 4.05. The van der Waals surface area contributed by atoms with Gasteiger partial charge >= 0.3 is 0 Å². The summed E-state index contributed by atoms with van der Waals surface area (Å²) in [6.45, 7) is 1.56. The van der Waals surface area contributed by atoms with Crippen LogP contribution in [0.4, 0.5) is 0 Å². The van der Waals surface area contributed by atoms with Gasteiger partial charge in [-0.25, -0.2) is 15.0 Å². The predicted molar refractivity (Wildman–Crippen MR) is 98.2 cm³/mol. The molecule has 4 aromatic rings. The highest BCUT2D eigenvalue weighted by Gasteiger charge is 2.11. The number of aromatic nitrogens is 3. The van der Waals surface area contributed by atoms with Gasteiger partial charge in [-0.3, -0.25) is 4.79 Å². The van der Waals surface area contributed by atoms with Gasteiger partial charge in [0.2, 0.25) is 0 Å². The maximum absolute atomic E-state index is 11.9. The molecule has 0 atom stereocenters. The van der Waals surface area contributed by atoms with Crippen LogP contribution in [-0.4, -0.2) is 20.7 Å². The van der Waals surface area contributed by atoms with E-state index in [1.807, 2.05) is 66.7 Å². The van der Waals surface area contributed by atoms with Crippen molar-refractivity contribution in [2.75, 3.05) is 0 Å². The van der Waals surface area contributed by atoms with Crippen molar-refractivity contribution in [3.63, 3.8) is 0 Å². The number of benzene rings is 2. The lowest BCUT2D eigenvalue weighted by atomic mass is 10.0. The number of nitrogens with zero attached hydrogens (tertiary/aromatic N) is 3. The lowest BCUT2D eigenvalue weighted by molar-refractivity contribution is 0.101. The number of fused-ring (bicyclic) bond motifs is 1. The minimum absolute atomic E-state index is 0.0183. The fraction of sp³-hybridized carbons (Fsp3) is 0.0476. The molecule has 0 aliphatic carbocycles. The predicted octanol–water partition coefficient (Wildman–Crippen LogP) is 4.56. The summed E-state index contributed by atoms with van der Waals surface area (Å²) in [5.41, 5.74) is 3.77. The van der Waals surface area contributed by atoms with Crippen molar-refractivity contribution < 1.29 is 4.79 Å². The zero-order chi connectivity index (χ0) is 17.2. The normalized spacial score (nSPS) is 10.8. The smallest absolute Gasteiger partial charge is 0.178 e. The summed E-state index contributed by atoms with van der Waals surface area (Å²) in [6, 6.07) is 21.0. The van der Waals surface area contributed by atoms with Gasteiger partial charge < -0.3 is 0 Å². The van der Waals surface area contributed by atoms with Crippen LogP contribution in [0.5, 0.6) is 0 Å². The maximum Gasteiger partial charge on any atom is 0.178 e. The van der Waals surface area contributed by atoms with E-state index in [0.717, 1.165) is 22.2 Å². The average Bonchev–Trinajstić information content (AvgIpc) is 2.67. The third-order valence-electron chi connectivity index (χ3n) is 4.05. The molecule has 4 rings (SSSR count). The Hall–Kier alpha value is -3.40. The van der Waals surface area contributed by atoms with E-state index in [-0.39, 0.29) is 5.78 Å². The number of carbonyl (C=O) groups excluding carboxylic acids is 1. The van der Waals surface area contributed by atoms with Gasteiger partial charge in [-0.05, 0) is 25.1 Å². The number of ketones is 1. The Morgan fingerprint density at radius 2 is 1.56 bits per heavy atom. The van der Waals surface area contributed by atoms with E-state index in [9.17, 15) is 4.79 Å². The Morgan fingerprint density at radius 1 is 0.800 bits per heavy atom. The monoisotopic (exact) mass is 325 g/mol. The molecule has 0 spiro atoms. The van der Waals surface area contributed by atoms with Gasteiger partial charge in [0, 0.05) is 22.7 Å². The molecule has 0 unspecified atom stereocenters. The van der Waals surface area contributed by atoms with E-state index in [2.05, 4.69) is 15.0 Å². The van der Waals surface area contributed by atoms with Gasteiger partial charge in [0.1, 0.15) is 5.69 Å². The standard InChI is InChI=1S/C21H15N3O/c1-14(25)16-8-3-4-9-17(16)19-11-6-12-20(23-19)21-22-13-15-7-2-5-10-18(15)24-21/h2-13H,1H3. The summed E-state index contributed by atoms with van der Waals surface area (Å²) < 4.78 is 0. The lowest BCUT2D eigenvalue weighted by Gasteiger charge is -2.08. The highest BCUT2D eigenvalue weighted by Crippen LogP contribution is 2.25. The minimum atomic E-state index is 0.0183. The second-order valence-electron chi connectivity index (χ2n) is 5.76. The zero-order valence-corrected chi connectivity index (χ0v) is 13.7. The maximum atomic E-state index is 11.9. The van der Waals surface area contributed by atoms with Gasteiger partial charge in [-0.1, -0.05) is 48.5 Å². The summed E-state index contributed by atoms with van der Waals surface area (Å²) in [4.78, 5) is 25.6. The largest absolute Gasteiger partial charge is 0.294 e. The lowest BCUT2D eigenvalue weighted by Crippen LogP contribution is -1.98. The Bertz CT molecular complexity index is 1090. The molecule has 0 fully saturated rings. The average molecular weight is 325 g/mol. The van der Waals surface area contributed by atoms with Gasteiger partial charge in [-0.15, -0.1) is 0 Å². The molecule has 2 aromatic heterocycles. The molecule has 0 radical (unpaired) electrons. The van der Waals surface area contributed by atoms with Crippen molar-refractivity contribution in [1.29, 1.82) is 0 Å². The van der Waals surface area contributed by atoms with Gasteiger partial charge in [0.05, 0.1) is 11.2 Å².